The molecule has 2 saturated heterocycles. The SMILES string of the molecule is CC[C@@H]1Oc2ccc(C(=O)N[C@@H]3C[C@H]4CCN(C4)C3)cc2O[C@H]1CC. The highest BCUT2D eigenvalue weighted by atomic mass is 16.6. The molecule has 1 unspecified atom stereocenters. The van der Waals surface area contributed by atoms with Crippen molar-refractivity contribution in [2.45, 2.75) is 57.8 Å². The molecule has 2 bridgehead atoms. The molecule has 3 aliphatic rings. The Morgan fingerprint density at radius 1 is 1.16 bits per heavy atom. The third kappa shape index (κ3) is 3.34. The predicted octanol–water partition coefficient (Wildman–Crippen LogP) is 2.84. The fourth-order valence-corrected chi connectivity index (χ4v) is 4.44. The summed E-state index contributed by atoms with van der Waals surface area (Å²) < 4.78 is 12.1. The van der Waals surface area contributed by atoms with Crippen LogP contribution in [0.3, 0.4) is 0 Å². The van der Waals surface area contributed by atoms with E-state index in [2.05, 4.69) is 24.1 Å². The Kier molecular flexibility index (Phi) is 4.59. The summed E-state index contributed by atoms with van der Waals surface area (Å²) in [6.07, 6.45) is 4.32. The highest BCUT2D eigenvalue weighted by molar-refractivity contribution is 5.95. The van der Waals surface area contributed by atoms with Gasteiger partial charge in [-0.25, -0.2) is 0 Å². The fraction of sp³-hybridized carbons (Fsp3) is 0.650. The number of amides is 1. The predicted molar refractivity (Wildman–Crippen MR) is 96.3 cm³/mol. The van der Waals surface area contributed by atoms with E-state index in [1.807, 2.05) is 18.2 Å². The molecule has 25 heavy (non-hydrogen) atoms. The zero-order valence-electron chi connectivity index (χ0n) is 15.2. The van der Waals surface area contributed by atoms with Crippen LogP contribution < -0.4 is 14.8 Å². The van der Waals surface area contributed by atoms with E-state index in [4.69, 9.17) is 9.47 Å². The lowest BCUT2D eigenvalue weighted by Gasteiger charge is -2.33. The summed E-state index contributed by atoms with van der Waals surface area (Å²) in [5, 5.41) is 3.21. The first-order valence-corrected chi connectivity index (χ1v) is 9.66. The van der Waals surface area contributed by atoms with Crippen LogP contribution in [0.1, 0.15) is 49.9 Å². The van der Waals surface area contributed by atoms with Crippen molar-refractivity contribution in [1.82, 2.24) is 10.2 Å². The quantitative estimate of drug-likeness (QED) is 0.912. The van der Waals surface area contributed by atoms with Crippen molar-refractivity contribution >= 4 is 5.91 Å². The molecule has 1 amide bonds. The van der Waals surface area contributed by atoms with E-state index < -0.39 is 0 Å². The van der Waals surface area contributed by atoms with E-state index in [0.29, 0.717) is 11.3 Å². The monoisotopic (exact) mass is 344 g/mol. The van der Waals surface area contributed by atoms with E-state index in [1.165, 1.54) is 19.5 Å². The molecule has 3 aliphatic heterocycles. The number of fused-ring (bicyclic) bond motifs is 3. The van der Waals surface area contributed by atoms with E-state index in [-0.39, 0.29) is 24.2 Å². The zero-order valence-corrected chi connectivity index (χ0v) is 15.2. The first-order valence-electron chi connectivity index (χ1n) is 9.66. The van der Waals surface area contributed by atoms with Crippen LogP contribution >= 0.6 is 0 Å². The van der Waals surface area contributed by atoms with Crippen LogP contribution in [0.5, 0.6) is 11.5 Å². The molecule has 0 radical (unpaired) electrons. The van der Waals surface area contributed by atoms with E-state index in [9.17, 15) is 4.79 Å². The summed E-state index contributed by atoms with van der Waals surface area (Å²) in [7, 11) is 0. The van der Waals surface area contributed by atoms with Gasteiger partial charge in [0.25, 0.3) is 5.91 Å². The van der Waals surface area contributed by atoms with Gasteiger partial charge in [0.15, 0.2) is 11.5 Å². The number of benzene rings is 1. The Balaban J connectivity index is 1.45. The summed E-state index contributed by atoms with van der Waals surface area (Å²) in [5.74, 6) is 2.17. The van der Waals surface area contributed by atoms with E-state index >= 15 is 0 Å². The van der Waals surface area contributed by atoms with Crippen LogP contribution in [-0.4, -0.2) is 48.7 Å². The molecule has 5 nitrogen and oxygen atoms in total. The van der Waals surface area contributed by atoms with Gasteiger partial charge in [-0.15, -0.1) is 0 Å². The lowest BCUT2D eigenvalue weighted by atomic mass is 9.96. The summed E-state index contributed by atoms with van der Waals surface area (Å²) in [6.45, 7) is 7.57. The minimum absolute atomic E-state index is 0.00966. The summed E-state index contributed by atoms with van der Waals surface area (Å²) in [5.41, 5.74) is 0.653. The van der Waals surface area contributed by atoms with Gasteiger partial charge >= 0.3 is 0 Å². The van der Waals surface area contributed by atoms with Crippen molar-refractivity contribution in [3.63, 3.8) is 0 Å². The fourth-order valence-electron chi connectivity index (χ4n) is 4.44. The number of nitrogens with zero attached hydrogens (tertiary/aromatic N) is 1. The standard InChI is InChI=1S/C20H28N2O3/c1-3-16-17(4-2)25-19-10-14(5-6-18(19)24-16)20(23)21-15-9-13-7-8-22(11-13)12-15/h5-6,10,13,15-17H,3-4,7-9,11-12H2,1-2H3,(H,21,23)/t13-,15-,16+,17+/m1/s1. The highest BCUT2D eigenvalue weighted by Crippen LogP contribution is 2.36. The number of rotatable bonds is 4. The molecule has 5 atom stereocenters. The number of hydrogen-bond donors (Lipinski definition) is 1. The van der Waals surface area contributed by atoms with Gasteiger partial charge in [-0.1, -0.05) is 13.8 Å². The summed E-state index contributed by atoms with van der Waals surface area (Å²) in [6, 6.07) is 5.80. The Morgan fingerprint density at radius 2 is 1.92 bits per heavy atom. The van der Waals surface area contributed by atoms with Crippen LogP contribution in [0.15, 0.2) is 18.2 Å². The maximum atomic E-state index is 12.7. The van der Waals surface area contributed by atoms with E-state index in [1.54, 1.807) is 0 Å². The van der Waals surface area contributed by atoms with Crippen LogP contribution in [0.4, 0.5) is 0 Å². The van der Waals surface area contributed by atoms with Crippen LogP contribution in [-0.2, 0) is 0 Å². The van der Waals surface area contributed by atoms with Crippen molar-refractivity contribution in [1.29, 1.82) is 0 Å². The minimum atomic E-state index is -0.00966. The van der Waals surface area contributed by atoms with Crippen molar-refractivity contribution in [3.05, 3.63) is 23.8 Å². The zero-order chi connectivity index (χ0) is 17.4. The minimum Gasteiger partial charge on any atom is -0.483 e. The molecule has 5 heteroatoms. The van der Waals surface area contributed by atoms with Gasteiger partial charge in [0, 0.05) is 24.7 Å². The molecule has 1 aromatic carbocycles. The van der Waals surface area contributed by atoms with Gasteiger partial charge in [0.1, 0.15) is 12.2 Å². The maximum Gasteiger partial charge on any atom is 0.251 e. The van der Waals surface area contributed by atoms with Crippen molar-refractivity contribution in [2.24, 2.45) is 5.92 Å². The molecule has 1 aromatic rings. The molecule has 0 aromatic heterocycles. The first kappa shape index (κ1) is 16.7. The van der Waals surface area contributed by atoms with Crippen LogP contribution in [0.2, 0.25) is 0 Å². The molecule has 4 rings (SSSR count). The lowest BCUT2D eigenvalue weighted by molar-refractivity contribution is 0.0168. The average molecular weight is 344 g/mol. The lowest BCUT2D eigenvalue weighted by Crippen LogP contribution is -2.47. The number of carbonyl (C=O) groups is 1. The van der Waals surface area contributed by atoms with Gasteiger partial charge < -0.3 is 19.7 Å². The molecule has 3 heterocycles. The van der Waals surface area contributed by atoms with Gasteiger partial charge in [0.2, 0.25) is 0 Å². The second kappa shape index (κ2) is 6.87. The number of ether oxygens (including phenoxy) is 2. The Hall–Kier alpha value is -1.75. The number of carbonyl (C=O) groups excluding carboxylic acids is 1. The summed E-state index contributed by atoms with van der Waals surface area (Å²) in [4.78, 5) is 15.1. The third-order valence-electron chi connectivity index (χ3n) is 5.78. The maximum absolute atomic E-state index is 12.7. The normalized spacial score (nSPS) is 33.1. The molecular formula is C20H28N2O3. The molecule has 0 saturated carbocycles. The van der Waals surface area contributed by atoms with Crippen LogP contribution in [0.25, 0.3) is 0 Å². The molecule has 136 valence electrons. The third-order valence-corrected chi connectivity index (χ3v) is 5.78. The Bertz CT molecular complexity index is 636. The molecular weight excluding hydrogens is 316 g/mol. The van der Waals surface area contributed by atoms with Crippen LogP contribution in [0, 0.1) is 5.92 Å². The first-order chi connectivity index (χ1) is 12.2. The van der Waals surface area contributed by atoms with Crippen molar-refractivity contribution in [3.8, 4) is 11.5 Å². The number of nitrogens with one attached hydrogen (secondary N) is 1. The number of hydrogen-bond acceptors (Lipinski definition) is 4. The molecule has 2 fully saturated rings. The molecule has 1 N–H and O–H groups in total. The highest BCUT2D eigenvalue weighted by Gasteiger charge is 2.33. The second-order valence-electron chi connectivity index (χ2n) is 7.61. The summed E-state index contributed by atoms with van der Waals surface area (Å²) >= 11 is 0. The largest absolute Gasteiger partial charge is 0.483 e. The Morgan fingerprint density at radius 3 is 2.64 bits per heavy atom. The van der Waals surface area contributed by atoms with Gasteiger partial charge in [-0.2, -0.15) is 0 Å². The number of piperidine rings is 1. The van der Waals surface area contributed by atoms with Gasteiger partial charge in [-0.3, -0.25) is 4.79 Å². The molecule has 0 spiro atoms. The van der Waals surface area contributed by atoms with E-state index in [0.717, 1.165) is 37.5 Å². The Labute approximate surface area is 149 Å². The van der Waals surface area contributed by atoms with Gasteiger partial charge in [0.05, 0.1) is 0 Å². The van der Waals surface area contributed by atoms with Crippen molar-refractivity contribution in [2.75, 3.05) is 19.6 Å². The average Bonchev–Trinajstić information content (AvgIpc) is 2.98. The second-order valence-corrected chi connectivity index (χ2v) is 7.61. The smallest absolute Gasteiger partial charge is 0.251 e. The van der Waals surface area contributed by atoms with Gasteiger partial charge in [-0.05, 0) is 56.3 Å². The van der Waals surface area contributed by atoms with Crippen molar-refractivity contribution < 1.29 is 14.3 Å². The topological polar surface area (TPSA) is 50.8 Å². The molecule has 0 aliphatic carbocycles.